The van der Waals surface area contributed by atoms with Crippen molar-refractivity contribution in [3.05, 3.63) is 28.8 Å². The lowest BCUT2D eigenvalue weighted by molar-refractivity contribution is 0.294. The molecule has 5 heteroatoms. The second-order valence-electron chi connectivity index (χ2n) is 4.40. The van der Waals surface area contributed by atoms with Crippen LogP contribution < -0.4 is 9.47 Å². The number of thiazole rings is 1. The second kappa shape index (κ2) is 6.99. The summed E-state index contributed by atoms with van der Waals surface area (Å²) in [6.45, 7) is 4.78. The SMILES string of the molecule is CCCOc1cc(-c2nc(C)c(CS)s2)ccc1OC. The molecule has 0 fully saturated rings. The molecule has 1 heterocycles. The summed E-state index contributed by atoms with van der Waals surface area (Å²) in [4.78, 5) is 5.81. The molecule has 20 heavy (non-hydrogen) atoms. The second-order valence-corrected chi connectivity index (χ2v) is 5.80. The number of hydrogen-bond donors (Lipinski definition) is 1. The van der Waals surface area contributed by atoms with Crippen molar-refractivity contribution in [1.29, 1.82) is 0 Å². The summed E-state index contributed by atoms with van der Waals surface area (Å²) in [5.41, 5.74) is 2.10. The van der Waals surface area contributed by atoms with Crippen LogP contribution in [0.3, 0.4) is 0 Å². The van der Waals surface area contributed by atoms with Crippen LogP contribution in [-0.2, 0) is 5.75 Å². The number of benzene rings is 1. The first-order valence-electron chi connectivity index (χ1n) is 6.58. The molecule has 0 saturated heterocycles. The molecule has 108 valence electrons. The van der Waals surface area contributed by atoms with Crippen molar-refractivity contribution in [1.82, 2.24) is 4.98 Å². The quantitative estimate of drug-likeness (QED) is 0.805. The predicted molar refractivity (Wildman–Crippen MR) is 87.3 cm³/mol. The fraction of sp³-hybridized carbons (Fsp3) is 0.400. The summed E-state index contributed by atoms with van der Waals surface area (Å²) in [7, 11) is 1.65. The van der Waals surface area contributed by atoms with E-state index in [0.29, 0.717) is 6.61 Å². The van der Waals surface area contributed by atoms with Gasteiger partial charge in [-0.05, 0) is 31.5 Å². The smallest absolute Gasteiger partial charge is 0.161 e. The molecule has 0 saturated carbocycles. The number of rotatable bonds is 6. The molecule has 0 unspecified atom stereocenters. The number of aryl methyl sites for hydroxylation is 1. The van der Waals surface area contributed by atoms with Crippen LogP contribution in [0.15, 0.2) is 18.2 Å². The molecule has 0 N–H and O–H groups in total. The third kappa shape index (κ3) is 3.27. The molecule has 0 spiro atoms. The first kappa shape index (κ1) is 15.2. The van der Waals surface area contributed by atoms with Gasteiger partial charge in [-0.15, -0.1) is 11.3 Å². The molecule has 3 nitrogen and oxygen atoms in total. The maximum atomic E-state index is 5.74. The van der Waals surface area contributed by atoms with Gasteiger partial charge in [0, 0.05) is 16.2 Å². The van der Waals surface area contributed by atoms with Gasteiger partial charge in [0.15, 0.2) is 11.5 Å². The Bertz CT molecular complexity index is 581. The van der Waals surface area contributed by atoms with E-state index in [-0.39, 0.29) is 0 Å². The van der Waals surface area contributed by atoms with Crippen LogP contribution in [0, 0.1) is 6.92 Å². The zero-order valence-electron chi connectivity index (χ0n) is 12.0. The Morgan fingerprint density at radius 2 is 2.10 bits per heavy atom. The average Bonchev–Trinajstić information content (AvgIpc) is 2.85. The predicted octanol–water partition coefficient (Wildman–Crippen LogP) is 4.35. The van der Waals surface area contributed by atoms with Gasteiger partial charge in [0.1, 0.15) is 5.01 Å². The van der Waals surface area contributed by atoms with Gasteiger partial charge < -0.3 is 9.47 Å². The van der Waals surface area contributed by atoms with E-state index in [2.05, 4.69) is 24.5 Å². The molecule has 2 rings (SSSR count). The van der Waals surface area contributed by atoms with Gasteiger partial charge in [-0.2, -0.15) is 12.6 Å². The van der Waals surface area contributed by atoms with Gasteiger partial charge in [0.2, 0.25) is 0 Å². The van der Waals surface area contributed by atoms with Crippen molar-refractivity contribution in [2.45, 2.75) is 26.0 Å². The fourth-order valence-corrected chi connectivity index (χ4v) is 3.17. The molecular weight excluding hydrogens is 290 g/mol. The van der Waals surface area contributed by atoms with Crippen LogP contribution >= 0.6 is 24.0 Å². The normalized spacial score (nSPS) is 10.6. The average molecular weight is 309 g/mol. The number of nitrogens with zero attached hydrogens (tertiary/aromatic N) is 1. The number of methoxy groups -OCH3 is 1. The lowest BCUT2D eigenvalue weighted by Gasteiger charge is -2.10. The fourth-order valence-electron chi connectivity index (χ4n) is 1.83. The van der Waals surface area contributed by atoms with E-state index in [1.165, 1.54) is 4.88 Å². The summed E-state index contributed by atoms with van der Waals surface area (Å²) in [5.74, 6) is 2.25. The molecule has 2 aromatic rings. The molecule has 1 aromatic carbocycles. The van der Waals surface area contributed by atoms with E-state index in [1.807, 2.05) is 25.1 Å². The monoisotopic (exact) mass is 309 g/mol. The van der Waals surface area contributed by atoms with E-state index in [4.69, 9.17) is 9.47 Å². The molecule has 0 amide bonds. The van der Waals surface area contributed by atoms with Crippen molar-refractivity contribution in [2.24, 2.45) is 0 Å². The van der Waals surface area contributed by atoms with Crippen LogP contribution in [0.4, 0.5) is 0 Å². The van der Waals surface area contributed by atoms with Gasteiger partial charge in [0.05, 0.1) is 19.4 Å². The van der Waals surface area contributed by atoms with E-state index in [9.17, 15) is 0 Å². The van der Waals surface area contributed by atoms with Crippen molar-refractivity contribution in [3.8, 4) is 22.1 Å². The van der Waals surface area contributed by atoms with Crippen molar-refractivity contribution < 1.29 is 9.47 Å². The highest BCUT2D eigenvalue weighted by Crippen LogP contribution is 2.35. The van der Waals surface area contributed by atoms with E-state index < -0.39 is 0 Å². The standard InChI is InChI=1S/C15H19NO2S2/c1-4-7-18-13-8-11(5-6-12(13)17-3)15-16-10(2)14(9-19)20-15/h5-6,8,19H,4,7,9H2,1-3H3. The van der Waals surface area contributed by atoms with Gasteiger partial charge in [-0.3, -0.25) is 0 Å². The van der Waals surface area contributed by atoms with Crippen LogP contribution in [0.5, 0.6) is 11.5 Å². The van der Waals surface area contributed by atoms with Gasteiger partial charge in [-0.25, -0.2) is 4.98 Å². The Kier molecular flexibility index (Phi) is 5.31. The third-order valence-corrected chi connectivity index (χ3v) is 4.65. The number of ether oxygens (including phenoxy) is 2. The van der Waals surface area contributed by atoms with Crippen LogP contribution in [0.1, 0.15) is 23.9 Å². The van der Waals surface area contributed by atoms with E-state index >= 15 is 0 Å². The highest BCUT2D eigenvalue weighted by Gasteiger charge is 2.12. The van der Waals surface area contributed by atoms with E-state index in [0.717, 1.165) is 39.9 Å². The maximum absolute atomic E-state index is 5.74. The Hall–Kier alpha value is -1.20. The van der Waals surface area contributed by atoms with Gasteiger partial charge in [-0.1, -0.05) is 6.92 Å². The highest BCUT2D eigenvalue weighted by molar-refractivity contribution is 7.79. The molecule has 0 radical (unpaired) electrons. The lowest BCUT2D eigenvalue weighted by atomic mass is 10.2. The van der Waals surface area contributed by atoms with Gasteiger partial charge >= 0.3 is 0 Å². The Morgan fingerprint density at radius 3 is 2.70 bits per heavy atom. The zero-order valence-corrected chi connectivity index (χ0v) is 13.7. The van der Waals surface area contributed by atoms with Crippen molar-refractivity contribution in [2.75, 3.05) is 13.7 Å². The van der Waals surface area contributed by atoms with Crippen LogP contribution in [0.2, 0.25) is 0 Å². The van der Waals surface area contributed by atoms with Crippen molar-refractivity contribution >= 4 is 24.0 Å². The van der Waals surface area contributed by atoms with Crippen LogP contribution in [0.25, 0.3) is 10.6 Å². The first-order chi connectivity index (χ1) is 9.69. The van der Waals surface area contributed by atoms with E-state index in [1.54, 1.807) is 18.4 Å². The molecule has 0 atom stereocenters. The highest BCUT2D eigenvalue weighted by atomic mass is 32.1. The van der Waals surface area contributed by atoms with Crippen LogP contribution in [-0.4, -0.2) is 18.7 Å². The number of aromatic nitrogens is 1. The molecule has 0 aliphatic carbocycles. The minimum absolute atomic E-state index is 0.679. The maximum Gasteiger partial charge on any atom is 0.161 e. The summed E-state index contributed by atoms with van der Waals surface area (Å²) in [6, 6.07) is 5.94. The lowest BCUT2D eigenvalue weighted by Crippen LogP contribution is -1.98. The first-order valence-corrected chi connectivity index (χ1v) is 8.02. The zero-order chi connectivity index (χ0) is 14.5. The third-order valence-electron chi connectivity index (χ3n) is 2.91. The molecular formula is C15H19NO2S2. The summed E-state index contributed by atoms with van der Waals surface area (Å²) >= 11 is 6.00. The molecule has 0 bridgehead atoms. The molecule has 0 aliphatic rings. The Balaban J connectivity index is 2.36. The Labute approximate surface area is 129 Å². The largest absolute Gasteiger partial charge is 0.493 e. The minimum Gasteiger partial charge on any atom is -0.493 e. The molecule has 1 aromatic heterocycles. The molecule has 0 aliphatic heterocycles. The number of hydrogen-bond acceptors (Lipinski definition) is 5. The topological polar surface area (TPSA) is 31.4 Å². The summed E-state index contributed by atoms with van der Waals surface area (Å²) in [5, 5.41) is 0.996. The van der Waals surface area contributed by atoms with Crippen molar-refractivity contribution in [3.63, 3.8) is 0 Å². The summed E-state index contributed by atoms with van der Waals surface area (Å²) < 4.78 is 11.1. The minimum atomic E-state index is 0.679. The summed E-state index contributed by atoms with van der Waals surface area (Å²) in [6.07, 6.45) is 0.966. The van der Waals surface area contributed by atoms with Gasteiger partial charge in [0.25, 0.3) is 0 Å². The number of thiol groups is 1. The Morgan fingerprint density at radius 1 is 1.30 bits per heavy atom.